The molecule has 0 bridgehead atoms. The highest BCUT2D eigenvalue weighted by Crippen LogP contribution is 2.19. The van der Waals surface area contributed by atoms with Crippen LogP contribution in [0.25, 0.3) is 0 Å². The Morgan fingerprint density at radius 1 is 1.67 bits per heavy atom. The van der Waals surface area contributed by atoms with E-state index < -0.39 is 5.97 Å². The zero-order chi connectivity index (χ0) is 11.3. The molecule has 0 radical (unpaired) electrons. The van der Waals surface area contributed by atoms with Crippen LogP contribution in [0.5, 0.6) is 0 Å². The number of piperidine rings is 1. The number of carboxylic acid groups (broad SMARTS) is 1. The van der Waals surface area contributed by atoms with Gasteiger partial charge in [-0.3, -0.25) is 9.69 Å². The number of methoxy groups -OCH3 is 1. The fourth-order valence-corrected chi connectivity index (χ4v) is 2.34. The fourth-order valence-electron chi connectivity index (χ4n) is 2.34. The van der Waals surface area contributed by atoms with Crippen LogP contribution in [0, 0.1) is 5.92 Å². The number of carboxylic acids is 1. The highest BCUT2D eigenvalue weighted by Gasteiger charge is 2.28. The number of ether oxygens (including phenoxy) is 1. The first-order chi connectivity index (χ1) is 7.19. The van der Waals surface area contributed by atoms with E-state index in [1.165, 1.54) is 0 Å². The molecule has 1 saturated heterocycles. The van der Waals surface area contributed by atoms with Crippen LogP contribution in [0.15, 0.2) is 0 Å². The molecule has 0 unspecified atom stereocenters. The molecule has 0 aromatic rings. The largest absolute Gasteiger partial charge is 0.480 e. The Kier molecular flexibility index (Phi) is 5.05. The molecule has 15 heavy (non-hydrogen) atoms. The maximum Gasteiger partial charge on any atom is 0.320 e. The SMILES string of the molecule is CC[C@H](C(=O)O)N1CCC[C@@H](COC)C1. The van der Waals surface area contributed by atoms with Gasteiger partial charge in [0.05, 0.1) is 6.61 Å². The minimum Gasteiger partial charge on any atom is -0.480 e. The van der Waals surface area contributed by atoms with Crippen molar-refractivity contribution in [1.82, 2.24) is 4.90 Å². The zero-order valence-corrected chi connectivity index (χ0v) is 9.61. The Labute approximate surface area is 91.2 Å². The first kappa shape index (κ1) is 12.5. The maximum absolute atomic E-state index is 11.0. The van der Waals surface area contributed by atoms with E-state index in [0.29, 0.717) is 12.3 Å². The third-order valence-corrected chi connectivity index (χ3v) is 3.07. The van der Waals surface area contributed by atoms with Gasteiger partial charge in [-0.2, -0.15) is 0 Å². The average molecular weight is 215 g/mol. The fraction of sp³-hybridized carbons (Fsp3) is 0.909. The van der Waals surface area contributed by atoms with Crippen molar-refractivity contribution in [3.8, 4) is 0 Å². The predicted octanol–water partition coefficient (Wildman–Crippen LogP) is 1.21. The summed E-state index contributed by atoms with van der Waals surface area (Å²) in [7, 11) is 1.70. The normalized spacial score (nSPS) is 25.1. The molecular formula is C11H21NO3. The number of aliphatic carboxylic acids is 1. The molecule has 1 aliphatic rings. The van der Waals surface area contributed by atoms with Crippen LogP contribution in [-0.2, 0) is 9.53 Å². The number of hydrogen-bond acceptors (Lipinski definition) is 3. The van der Waals surface area contributed by atoms with E-state index in [1.807, 2.05) is 6.92 Å². The Bertz CT molecular complexity index is 206. The molecule has 88 valence electrons. The summed E-state index contributed by atoms with van der Waals surface area (Å²) >= 11 is 0. The van der Waals surface area contributed by atoms with E-state index in [2.05, 4.69) is 4.90 Å². The van der Waals surface area contributed by atoms with Gasteiger partial charge < -0.3 is 9.84 Å². The molecule has 0 spiro atoms. The van der Waals surface area contributed by atoms with Gasteiger partial charge in [0.1, 0.15) is 6.04 Å². The van der Waals surface area contributed by atoms with Crippen molar-refractivity contribution in [2.75, 3.05) is 26.8 Å². The molecule has 2 atom stereocenters. The molecule has 0 aromatic heterocycles. The molecule has 0 aliphatic carbocycles. The number of nitrogens with zero attached hydrogens (tertiary/aromatic N) is 1. The minimum atomic E-state index is -0.699. The molecule has 4 nitrogen and oxygen atoms in total. The van der Waals surface area contributed by atoms with Crippen molar-refractivity contribution in [2.24, 2.45) is 5.92 Å². The first-order valence-corrected chi connectivity index (χ1v) is 5.64. The van der Waals surface area contributed by atoms with Crippen LogP contribution in [0.2, 0.25) is 0 Å². The second kappa shape index (κ2) is 6.08. The van der Waals surface area contributed by atoms with Gasteiger partial charge in [-0.25, -0.2) is 0 Å². The molecule has 1 rings (SSSR count). The lowest BCUT2D eigenvalue weighted by atomic mass is 9.97. The Balaban J connectivity index is 2.50. The molecule has 0 saturated carbocycles. The standard InChI is InChI=1S/C11H21NO3/c1-3-10(11(13)14)12-6-4-5-9(7-12)8-15-2/h9-10H,3-8H2,1-2H3,(H,13,14)/t9-,10-/m1/s1. The summed E-state index contributed by atoms with van der Waals surface area (Å²) in [4.78, 5) is 13.1. The topological polar surface area (TPSA) is 49.8 Å². The van der Waals surface area contributed by atoms with Gasteiger partial charge in [0, 0.05) is 13.7 Å². The third kappa shape index (κ3) is 3.47. The number of rotatable bonds is 5. The van der Waals surface area contributed by atoms with E-state index >= 15 is 0 Å². The van der Waals surface area contributed by atoms with Crippen molar-refractivity contribution in [3.05, 3.63) is 0 Å². The van der Waals surface area contributed by atoms with Gasteiger partial charge in [0.15, 0.2) is 0 Å². The van der Waals surface area contributed by atoms with Gasteiger partial charge in [0.2, 0.25) is 0 Å². The maximum atomic E-state index is 11.0. The van der Waals surface area contributed by atoms with Crippen LogP contribution in [0.3, 0.4) is 0 Å². The lowest BCUT2D eigenvalue weighted by Gasteiger charge is -2.35. The van der Waals surface area contributed by atoms with Crippen molar-refractivity contribution in [2.45, 2.75) is 32.2 Å². The quantitative estimate of drug-likeness (QED) is 0.749. The summed E-state index contributed by atoms with van der Waals surface area (Å²) in [6, 6.07) is -0.315. The van der Waals surface area contributed by atoms with Crippen LogP contribution in [-0.4, -0.2) is 48.8 Å². The van der Waals surface area contributed by atoms with Crippen LogP contribution in [0.4, 0.5) is 0 Å². The summed E-state index contributed by atoms with van der Waals surface area (Å²) < 4.78 is 5.13. The van der Waals surface area contributed by atoms with Crippen LogP contribution in [0.1, 0.15) is 26.2 Å². The summed E-state index contributed by atoms with van der Waals surface area (Å²) in [5.41, 5.74) is 0. The number of carbonyl (C=O) groups is 1. The number of likely N-dealkylation sites (tertiary alicyclic amines) is 1. The molecule has 0 aromatic carbocycles. The zero-order valence-electron chi connectivity index (χ0n) is 9.61. The second-order valence-electron chi connectivity index (χ2n) is 4.22. The highest BCUT2D eigenvalue weighted by molar-refractivity contribution is 5.73. The summed E-state index contributed by atoms with van der Waals surface area (Å²) in [5, 5.41) is 9.07. The minimum absolute atomic E-state index is 0.315. The number of hydrogen-bond donors (Lipinski definition) is 1. The van der Waals surface area contributed by atoms with Crippen molar-refractivity contribution in [1.29, 1.82) is 0 Å². The Morgan fingerprint density at radius 3 is 2.93 bits per heavy atom. The van der Waals surface area contributed by atoms with Gasteiger partial charge in [-0.05, 0) is 31.7 Å². The molecule has 1 aliphatic heterocycles. The monoisotopic (exact) mass is 215 g/mol. The molecular weight excluding hydrogens is 194 g/mol. The lowest BCUT2D eigenvalue weighted by molar-refractivity contribution is -0.144. The van der Waals surface area contributed by atoms with Crippen molar-refractivity contribution < 1.29 is 14.6 Å². The molecule has 4 heteroatoms. The van der Waals surface area contributed by atoms with Gasteiger partial charge in [-0.15, -0.1) is 0 Å². The van der Waals surface area contributed by atoms with Gasteiger partial charge >= 0.3 is 5.97 Å². The average Bonchev–Trinajstić information content (AvgIpc) is 2.19. The molecule has 1 fully saturated rings. The molecule has 1 N–H and O–H groups in total. The van der Waals surface area contributed by atoms with E-state index in [9.17, 15) is 4.79 Å². The first-order valence-electron chi connectivity index (χ1n) is 5.64. The summed E-state index contributed by atoms with van der Waals surface area (Å²) in [5.74, 6) is -0.201. The predicted molar refractivity (Wildman–Crippen MR) is 57.9 cm³/mol. The highest BCUT2D eigenvalue weighted by atomic mass is 16.5. The van der Waals surface area contributed by atoms with Crippen LogP contribution >= 0.6 is 0 Å². The van der Waals surface area contributed by atoms with Gasteiger partial charge in [-0.1, -0.05) is 6.92 Å². The molecule has 0 amide bonds. The van der Waals surface area contributed by atoms with Crippen LogP contribution < -0.4 is 0 Å². The summed E-state index contributed by atoms with van der Waals surface area (Å²) in [6.45, 7) is 4.44. The third-order valence-electron chi connectivity index (χ3n) is 3.07. The van der Waals surface area contributed by atoms with E-state index in [4.69, 9.17) is 9.84 Å². The van der Waals surface area contributed by atoms with Crippen molar-refractivity contribution >= 4 is 5.97 Å². The van der Waals surface area contributed by atoms with E-state index in [-0.39, 0.29) is 6.04 Å². The summed E-state index contributed by atoms with van der Waals surface area (Å²) in [6.07, 6.45) is 2.91. The lowest BCUT2D eigenvalue weighted by Crippen LogP contribution is -2.47. The van der Waals surface area contributed by atoms with Crippen molar-refractivity contribution in [3.63, 3.8) is 0 Å². The van der Waals surface area contributed by atoms with Gasteiger partial charge in [0.25, 0.3) is 0 Å². The second-order valence-corrected chi connectivity index (χ2v) is 4.22. The Morgan fingerprint density at radius 2 is 2.40 bits per heavy atom. The van der Waals surface area contributed by atoms with E-state index in [0.717, 1.165) is 32.5 Å². The van der Waals surface area contributed by atoms with E-state index in [1.54, 1.807) is 7.11 Å². The Hall–Kier alpha value is -0.610. The molecule has 1 heterocycles. The smallest absolute Gasteiger partial charge is 0.320 e.